The van der Waals surface area contributed by atoms with Crippen molar-refractivity contribution in [2.45, 2.75) is 25.7 Å². The second kappa shape index (κ2) is 5.87. The Labute approximate surface area is 111 Å². The summed E-state index contributed by atoms with van der Waals surface area (Å²) in [5.41, 5.74) is 5.34. The molecule has 2 rings (SSSR count). The summed E-state index contributed by atoms with van der Waals surface area (Å²) < 4.78 is 0. The average Bonchev–Trinajstić information content (AvgIpc) is 2.90. The summed E-state index contributed by atoms with van der Waals surface area (Å²) in [6.45, 7) is 0. The molecule has 1 aliphatic rings. The first-order valence-electron chi connectivity index (χ1n) is 6.02. The van der Waals surface area contributed by atoms with Gasteiger partial charge in [0.1, 0.15) is 0 Å². The third kappa shape index (κ3) is 3.23. The highest BCUT2D eigenvalue weighted by atomic mass is 35.5. The zero-order valence-corrected chi connectivity index (χ0v) is 10.7. The van der Waals surface area contributed by atoms with Crippen molar-refractivity contribution in [3.8, 4) is 0 Å². The molecule has 1 aromatic carbocycles. The van der Waals surface area contributed by atoms with Crippen LogP contribution in [0, 0.1) is 5.92 Å². The van der Waals surface area contributed by atoms with E-state index in [1.54, 1.807) is 24.3 Å². The summed E-state index contributed by atoms with van der Waals surface area (Å²) >= 11 is 5.73. The predicted octanol–water partition coefficient (Wildman–Crippen LogP) is 2.29. The number of amides is 2. The average molecular weight is 267 g/mol. The lowest BCUT2D eigenvalue weighted by Crippen LogP contribution is -2.44. The molecule has 0 atom stereocenters. The molecule has 0 unspecified atom stereocenters. The number of halogens is 1. The largest absolute Gasteiger partial charge is 0.273 e. The van der Waals surface area contributed by atoms with Gasteiger partial charge in [0.05, 0.1) is 0 Å². The van der Waals surface area contributed by atoms with Crippen molar-refractivity contribution in [1.29, 1.82) is 0 Å². The Morgan fingerprint density at radius 2 is 1.67 bits per heavy atom. The van der Waals surface area contributed by atoms with Crippen LogP contribution in [0.25, 0.3) is 0 Å². The Morgan fingerprint density at radius 1 is 1.06 bits per heavy atom. The molecule has 2 amide bonds. The summed E-state index contributed by atoms with van der Waals surface area (Å²) in [6, 6.07) is 6.49. The van der Waals surface area contributed by atoms with Crippen molar-refractivity contribution in [1.82, 2.24) is 10.9 Å². The zero-order valence-electron chi connectivity index (χ0n) is 9.91. The second-order valence-corrected chi connectivity index (χ2v) is 4.87. The van der Waals surface area contributed by atoms with E-state index in [4.69, 9.17) is 11.6 Å². The fourth-order valence-electron chi connectivity index (χ4n) is 2.08. The minimum atomic E-state index is -0.335. The lowest BCUT2D eigenvalue weighted by atomic mass is 10.1. The van der Waals surface area contributed by atoms with E-state index in [1.165, 1.54) is 0 Å². The van der Waals surface area contributed by atoms with Gasteiger partial charge in [0.2, 0.25) is 5.91 Å². The molecule has 0 heterocycles. The Hall–Kier alpha value is -1.55. The maximum Gasteiger partial charge on any atom is 0.269 e. The second-order valence-electron chi connectivity index (χ2n) is 4.43. The first-order valence-corrected chi connectivity index (χ1v) is 6.40. The van der Waals surface area contributed by atoms with Crippen LogP contribution in [-0.4, -0.2) is 11.8 Å². The van der Waals surface area contributed by atoms with Crippen molar-refractivity contribution in [3.63, 3.8) is 0 Å². The van der Waals surface area contributed by atoms with Crippen LogP contribution < -0.4 is 10.9 Å². The van der Waals surface area contributed by atoms with Crippen molar-refractivity contribution < 1.29 is 9.59 Å². The topological polar surface area (TPSA) is 58.2 Å². The molecule has 1 fully saturated rings. The molecular formula is C13H15ClN2O2. The minimum Gasteiger partial charge on any atom is -0.273 e. The summed E-state index contributed by atoms with van der Waals surface area (Å²) in [6.07, 6.45) is 3.98. The van der Waals surface area contributed by atoms with E-state index >= 15 is 0 Å². The van der Waals surface area contributed by atoms with Crippen molar-refractivity contribution in [3.05, 3.63) is 34.9 Å². The molecule has 0 spiro atoms. The molecule has 0 aliphatic heterocycles. The van der Waals surface area contributed by atoms with E-state index in [-0.39, 0.29) is 17.7 Å². The maximum atomic E-state index is 11.7. The van der Waals surface area contributed by atoms with E-state index in [0.29, 0.717) is 10.6 Å². The van der Waals surface area contributed by atoms with E-state index in [9.17, 15) is 9.59 Å². The van der Waals surface area contributed by atoms with Gasteiger partial charge in [0, 0.05) is 16.5 Å². The molecule has 96 valence electrons. The van der Waals surface area contributed by atoms with Gasteiger partial charge in [-0.2, -0.15) is 0 Å². The van der Waals surface area contributed by atoms with Gasteiger partial charge in [-0.05, 0) is 37.1 Å². The molecule has 1 saturated carbocycles. The first-order chi connectivity index (χ1) is 8.66. The summed E-state index contributed by atoms with van der Waals surface area (Å²) in [7, 11) is 0. The number of hydrazine groups is 1. The third-order valence-corrected chi connectivity index (χ3v) is 3.38. The van der Waals surface area contributed by atoms with E-state index < -0.39 is 0 Å². The number of benzene rings is 1. The van der Waals surface area contributed by atoms with Gasteiger partial charge >= 0.3 is 0 Å². The quantitative estimate of drug-likeness (QED) is 0.807. The number of rotatable bonds is 2. The maximum absolute atomic E-state index is 11.7. The minimum absolute atomic E-state index is 0.0375. The van der Waals surface area contributed by atoms with Gasteiger partial charge in [-0.15, -0.1) is 0 Å². The molecule has 5 heteroatoms. The third-order valence-electron chi connectivity index (χ3n) is 3.13. The molecule has 0 radical (unpaired) electrons. The van der Waals surface area contributed by atoms with Gasteiger partial charge in [0.15, 0.2) is 0 Å². The Kier molecular flexibility index (Phi) is 4.20. The number of nitrogens with one attached hydrogen (secondary N) is 2. The van der Waals surface area contributed by atoms with Gasteiger partial charge in [0.25, 0.3) is 5.91 Å². The molecule has 0 saturated heterocycles. The molecule has 2 N–H and O–H groups in total. The number of carbonyl (C=O) groups excluding carboxylic acids is 2. The molecule has 1 aromatic rings. The van der Waals surface area contributed by atoms with E-state index in [2.05, 4.69) is 10.9 Å². The summed E-state index contributed by atoms with van der Waals surface area (Å²) in [5, 5.41) is 0.571. The normalized spacial score (nSPS) is 15.4. The summed E-state index contributed by atoms with van der Waals surface area (Å²) in [5.74, 6) is -0.400. The van der Waals surface area contributed by atoms with Crippen LogP contribution >= 0.6 is 11.6 Å². The van der Waals surface area contributed by atoms with E-state index in [0.717, 1.165) is 25.7 Å². The molecule has 18 heavy (non-hydrogen) atoms. The molecule has 0 aromatic heterocycles. The highest BCUT2D eigenvalue weighted by Gasteiger charge is 2.22. The van der Waals surface area contributed by atoms with Crippen LogP contribution in [0.1, 0.15) is 36.0 Å². The smallest absolute Gasteiger partial charge is 0.269 e. The summed E-state index contributed by atoms with van der Waals surface area (Å²) in [4.78, 5) is 23.4. The van der Waals surface area contributed by atoms with Crippen LogP contribution in [0.3, 0.4) is 0 Å². The fourth-order valence-corrected chi connectivity index (χ4v) is 2.21. The van der Waals surface area contributed by atoms with Gasteiger partial charge in [-0.1, -0.05) is 24.4 Å². The number of carbonyl (C=O) groups is 2. The van der Waals surface area contributed by atoms with Crippen molar-refractivity contribution >= 4 is 23.4 Å². The lowest BCUT2D eigenvalue weighted by molar-refractivity contribution is -0.125. The standard InChI is InChI=1S/C13H15ClN2O2/c14-11-7-5-10(6-8-11)13(18)16-15-12(17)9-3-1-2-4-9/h5-9H,1-4H2,(H,15,17)(H,16,18). The predicted molar refractivity (Wildman–Crippen MR) is 69.0 cm³/mol. The van der Waals surface area contributed by atoms with Gasteiger partial charge in [-0.3, -0.25) is 20.4 Å². The molecule has 0 bridgehead atoms. The number of hydrogen-bond donors (Lipinski definition) is 2. The lowest BCUT2D eigenvalue weighted by Gasteiger charge is -2.11. The molecule has 1 aliphatic carbocycles. The van der Waals surface area contributed by atoms with Gasteiger partial charge in [-0.25, -0.2) is 0 Å². The van der Waals surface area contributed by atoms with Crippen molar-refractivity contribution in [2.24, 2.45) is 5.92 Å². The van der Waals surface area contributed by atoms with Crippen LogP contribution in [0.2, 0.25) is 5.02 Å². The first kappa shape index (κ1) is 12.9. The highest BCUT2D eigenvalue weighted by Crippen LogP contribution is 2.24. The number of hydrogen-bond acceptors (Lipinski definition) is 2. The Balaban J connectivity index is 1.84. The van der Waals surface area contributed by atoms with Crippen LogP contribution in [0.15, 0.2) is 24.3 Å². The molecular weight excluding hydrogens is 252 g/mol. The van der Waals surface area contributed by atoms with E-state index in [1.807, 2.05) is 0 Å². The zero-order chi connectivity index (χ0) is 13.0. The Morgan fingerprint density at radius 3 is 2.28 bits per heavy atom. The van der Waals surface area contributed by atoms with Gasteiger partial charge < -0.3 is 0 Å². The monoisotopic (exact) mass is 266 g/mol. The van der Waals surface area contributed by atoms with Crippen LogP contribution in [0.4, 0.5) is 0 Å². The SMILES string of the molecule is O=C(NNC(=O)C1CCCC1)c1ccc(Cl)cc1. The highest BCUT2D eigenvalue weighted by molar-refractivity contribution is 6.30. The fraction of sp³-hybridized carbons (Fsp3) is 0.385. The Bertz CT molecular complexity index is 439. The van der Waals surface area contributed by atoms with Crippen LogP contribution in [-0.2, 0) is 4.79 Å². The molecule has 4 nitrogen and oxygen atoms in total. The van der Waals surface area contributed by atoms with Crippen molar-refractivity contribution in [2.75, 3.05) is 0 Å². The van der Waals surface area contributed by atoms with Crippen LogP contribution in [0.5, 0.6) is 0 Å².